The van der Waals surface area contributed by atoms with Gasteiger partial charge in [-0.3, -0.25) is 0 Å². The van der Waals surface area contributed by atoms with Gasteiger partial charge in [-0.25, -0.2) is 4.79 Å². The topological polar surface area (TPSA) is 57.5 Å². The van der Waals surface area contributed by atoms with E-state index in [0.717, 1.165) is 35.1 Å². The molecule has 2 aromatic carbocycles. The van der Waals surface area contributed by atoms with Gasteiger partial charge >= 0.3 is 5.97 Å². The minimum Gasteiger partial charge on any atom is -0.478 e. The van der Waals surface area contributed by atoms with Gasteiger partial charge in [0.05, 0.1) is 5.56 Å². The summed E-state index contributed by atoms with van der Waals surface area (Å²) in [4.78, 5) is 11.4. The molecule has 160 valence electrons. The molecular formula is C27H34O3. The van der Waals surface area contributed by atoms with E-state index in [1.165, 1.54) is 5.56 Å². The molecule has 0 aliphatic carbocycles. The van der Waals surface area contributed by atoms with E-state index < -0.39 is 11.6 Å². The lowest BCUT2D eigenvalue weighted by Crippen LogP contribution is -2.26. The van der Waals surface area contributed by atoms with Crippen LogP contribution in [0.5, 0.6) is 0 Å². The van der Waals surface area contributed by atoms with E-state index in [1.54, 1.807) is 6.07 Å². The molecule has 0 heterocycles. The Labute approximate surface area is 181 Å². The molecular weight excluding hydrogens is 372 g/mol. The van der Waals surface area contributed by atoms with E-state index in [1.807, 2.05) is 39.0 Å². The Morgan fingerprint density at radius 2 is 1.40 bits per heavy atom. The number of rotatable bonds is 7. The first kappa shape index (κ1) is 23.7. The maximum absolute atomic E-state index is 11.4. The van der Waals surface area contributed by atoms with Crippen molar-refractivity contribution in [2.24, 2.45) is 0 Å². The van der Waals surface area contributed by atoms with Gasteiger partial charge in [0.25, 0.3) is 0 Å². The molecule has 0 aliphatic heterocycles. The van der Waals surface area contributed by atoms with Gasteiger partial charge in [0.1, 0.15) is 5.60 Å². The van der Waals surface area contributed by atoms with Gasteiger partial charge in [-0.15, -0.1) is 0 Å². The molecule has 30 heavy (non-hydrogen) atoms. The minimum absolute atomic E-state index is 0.188. The summed E-state index contributed by atoms with van der Waals surface area (Å²) in [6.07, 6.45) is 3.03. The molecule has 0 radical (unpaired) electrons. The summed E-state index contributed by atoms with van der Waals surface area (Å²) in [6, 6.07) is 12.0. The highest BCUT2D eigenvalue weighted by Gasteiger charge is 2.31. The fraction of sp³-hybridized carbons (Fsp3) is 0.444. The Balaban J connectivity index is 2.54. The second kappa shape index (κ2) is 9.49. The van der Waals surface area contributed by atoms with Crippen LogP contribution in [0, 0.1) is 25.7 Å². The highest BCUT2D eigenvalue weighted by Crippen LogP contribution is 2.40. The SMILES string of the molecule is CCC(O)(C#Cc1ccc(C(CC)(CC)c2ccc(C(=O)O)c(C)c2)cc1C)CC. The molecule has 0 spiro atoms. The molecule has 0 unspecified atom stereocenters. The Morgan fingerprint density at radius 3 is 1.83 bits per heavy atom. The Kier molecular flexibility index (Phi) is 7.50. The second-order valence-electron chi connectivity index (χ2n) is 8.14. The summed E-state index contributed by atoms with van der Waals surface area (Å²) in [5.41, 5.74) is 4.36. The van der Waals surface area contributed by atoms with Crippen molar-refractivity contribution in [3.05, 3.63) is 69.8 Å². The van der Waals surface area contributed by atoms with Crippen LogP contribution < -0.4 is 0 Å². The number of benzene rings is 2. The Morgan fingerprint density at radius 1 is 0.867 bits per heavy atom. The molecule has 0 saturated carbocycles. The van der Waals surface area contributed by atoms with Crippen LogP contribution in [-0.2, 0) is 5.41 Å². The van der Waals surface area contributed by atoms with Crippen molar-refractivity contribution in [1.82, 2.24) is 0 Å². The number of hydrogen-bond acceptors (Lipinski definition) is 2. The number of carboxylic acid groups (broad SMARTS) is 1. The highest BCUT2D eigenvalue weighted by atomic mass is 16.4. The van der Waals surface area contributed by atoms with Crippen molar-refractivity contribution < 1.29 is 15.0 Å². The third-order valence-corrected chi connectivity index (χ3v) is 6.60. The molecule has 2 rings (SSSR count). The molecule has 0 aromatic heterocycles. The first-order chi connectivity index (χ1) is 14.2. The van der Waals surface area contributed by atoms with Gasteiger partial charge in [0.2, 0.25) is 0 Å². The molecule has 0 aliphatic rings. The van der Waals surface area contributed by atoms with E-state index in [4.69, 9.17) is 0 Å². The summed E-state index contributed by atoms with van der Waals surface area (Å²) in [5, 5.41) is 19.8. The number of carbonyl (C=O) groups is 1. The van der Waals surface area contributed by atoms with Crippen molar-refractivity contribution in [3.8, 4) is 11.8 Å². The number of aryl methyl sites for hydroxylation is 2. The zero-order valence-corrected chi connectivity index (χ0v) is 19.1. The van der Waals surface area contributed by atoms with Crippen LogP contribution in [0.1, 0.15) is 91.6 Å². The lowest BCUT2D eigenvalue weighted by molar-refractivity contribution is 0.0696. The normalized spacial score (nSPS) is 11.7. The number of aliphatic hydroxyl groups is 1. The molecule has 0 atom stereocenters. The van der Waals surface area contributed by atoms with Crippen molar-refractivity contribution in [2.45, 2.75) is 78.2 Å². The summed E-state index contributed by atoms with van der Waals surface area (Å²) < 4.78 is 0. The molecule has 0 bridgehead atoms. The molecule has 2 N–H and O–H groups in total. The Bertz CT molecular complexity index is 967. The average molecular weight is 407 g/mol. The van der Waals surface area contributed by atoms with Crippen LogP contribution in [0.3, 0.4) is 0 Å². The monoisotopic (exact) mass is 406 g/mol. The van der Waals surface area contributed by atoms with Gasteiger partial charge in [0.15, 0.2) is 0 Å². The Hall–Kier alpha value is -2.57. The maximum Gasteiger partial charge on any atom is 0.335 e. The van der Waals surface area contributed by atoms with E-state index in [2.05, 4.69) is 44.7 Å². The third kappa shape index (κ3) is 4.60. The zero-order valence-electron chi connectivity index (χ0n) is 19.1. The van der Waals surface area contributed by atoms with Crippen LogP contribution in [-0.4, -0.2) is 21.8 Å². The van der Waals surface area contributed by atoms with E-state index in [9.17, 15) is 15.0 Å². The molecule has 3 heteroatoms. The maximum atomic E-state index is 11.4. The largest absolute Gasteiger partial charge is 0.478 e. The van der Waals surface area contributed by atoms with E-state index >= 15 is 0 Å². The van der Waals surface area contributed by atoms with Crippen LogP contribution >= 0.6 is 0 Å². The smallest absolute Gasteiger partial charge is 0.335 e. The number of carboxylic acids is 1. The van der Waals surface area contributed by atoms with Gasteiger partial charge < -0.3 is 10.2 Å². The fourth-order valence-corrected chi connectivity index (χ4v) is 4.15. The molecule has 0 fully saturated rings. The van der Waals surface area contributed by atoms with Crippen LogP contribution in [0.25, 0.3) is 0 Å². The van der Waals surface area contributed by atoms with Gasteiger partial charge in [0, 0.05) is 11.0 Å². The first-order valence-corrected chi connectivity index (χ1v) is 10.9. The van der Waals surface area contributed by atoms with E-state index in [0.29, 0.717) is 18.4 Å². The van der Waals surface area contributed by atoms with Crippen molar-refractivity contribution >= 4 is 5.97 Å². The van der Waals surface area contributed by atoms with Crippen LogP contribution in [0.4, 0.5) is 0 Å². The minimum atomic E-state index is -0.939. The lowest BCUT2D eigenvalue weighted by atomic mass is 9.69. The lowest BCUT2D eigenvalue weighted by Gasteiger charge is -2.34. The zero-order chi connectivity index (χ0) is 22.5. The molecule has 2 aromatic rings. The number of hydrogen-bond donors (Lipinski definition) is 2. The molecule has 0 amide bonds. The molecule has 3 nitrogen and oxygen atoms in total. The van der Waals surface area contributed by atoms with Crippen molar-refractivity contribution in [2.75, 3.05) is 0 Å². The van der Waals surface area contributed by atoms with E-state index in [-0.39, 0.29) is 5.41 Å². The van der Waals surface area contributed by atoms with Crippen LogP contribution in [0.15, 0.2) is 36.4 Å². The predicted octanol–water partition coefficient (Wildman–Crippen LogP) is 6.01. The fourth-order valence-electron chi connectivity index (χ4n) is 4.15. The third-order valence-electron chi connectivity index (χ3n) is 6.60. The molecule has 0 saturated heterocycles. The predicted molar refractivity (Wildman–Crippen MR) is 123 cm³/mol. The van der Waals surface area contributed by atoms with Gasteiger partial charge in [-0.05, 0) is 73.9 Å². The summed E-state index contributed by atoms with van der Waals surface area (Å²) in [5.74, 6) is 5.33. The van der Waals surface area contributed by atoms with Gasteiger partial charge in [-0.2, -0.15) is 0 Å². The highest BCUT2D eigenvalue weighted by molar-refractivity contribution is 5.89. The summed E-state index contributed by atoms with van der Waals surface area (Å²) in [6.45, 7) is 12.2. The first-order valence-electron chi connectivity index (χ1n) is 10.9. The quantitative estimate of drug-likeness (QED) is 0.554. The van der Waals surface area contributed by atoms with Crippen molar-refractivity contribution in [1.29, 1.82) is 0 Å². The summed E-state index contributed by atoms with van der Waals surface area (Å²) in [7, 11) is 0. The average Bonchev–Trinajstić information content (AvgIpc) is 2.74. The van der Waals surface area contributed by atoms with Crippen LogP contribution in [0.2, 0.25) is 0 Å². The second-order valence-corrected chi connectivity index (χ2v) is 8.14. The number of aromatic carboxylic acids is 1. The van der Waals surface area contributed by atoms with Gasteiger partial charge in [-0.1, -0.05) is 63.8 Å². The summed E-state index contributed by atoms with van der Waals surface area (Å²) >= 11 is 0. The van der Waals surface area contributed by atoms with Crippen molar-refractivity contribution in [3.63, 3.8) is 0 Å². The standard InChI is InChI=1S/C27H34O3/c1-7-26(30,8-2)16-15-21-11-12-22(17-19(21)5)27(9-3,10-4)23-13-14-24(25(28)29)20(6)18-23/h11-14,17-18,30H,7-10H2,1-6H3,(H,28,29).